The van der Waals surface area contributed by atoms with Crippen molar-refractivity contribution in [3.8, 4) is 0 Å². The molecule has 1 aromatic rings. The highest BCUT2D eigenvalue weighted by Crippen LogP contribution is 2.09. The number of carbonyl (C=O) groups is 1. The monoisotopic (exact) mass is 251 g/mol. The number of nitrogens with zero attached hydrogens (tertiary/aromatic N) is 2. The van der Waals surface area contributed by atoms with E-state index in [-0.39, 0.29) is 5.91 Å². The van der Waals surface area contributed by atoms with Crippen LogP contribution < -0.4 is 5.43 Å². The van der Waals surface area contributed by atoms with Gasteiger partial charge in [-0.2, -0.15) is 5.10 Å². The van der Waals surface area contributed by atoms with E-state index in [1.54, 1.807) is 6.07 Å². The third kappa shape index (κ3) is 3.38. The summed E-state index contributed by atoms with van der Waals surface area (Å²) in [5.74, 6) is -0.106. The van der Waals surface area contributed by atoms with E-state index >= 15 is 0 Å². The Morgan fingerprint density at radius 3 is 2.88 bits per heavy atom. The maximum absolute atomic E-state index is 11.7. The highest BCUT2D eigenvalue weighted by molar-refractivity contribution is 7.12. The van der Waals surface area contributed by atoms with E-state index < -0.39 is 0 Å². The molecule has 92 valence electrons. The van der Waals surface area contributed by atoms with Crippen LogP contribution in [0, 0.1) is 0 Å². The zero-order chi connectivity index (χ0) is 12.1. The Labute approximate surface area is 105 Å². The third-order valence-corrected chi connectivity index (χ3v) is 3.81. The second-order valence-corrected chi connectivity index (χ2v) is 4.98. The van der Waals surface area contributed by atoms with E-state index in [2.05, 4.69) is 22.4 Å². The second-order valence-electron chi connectivity index (χ2n) is 4.03. The lowest BCUT2D eigenvalue weighted by Gasteiger charge is -2.25. The number of likely N-dealkylation sites (tertiary alicyclic amines) is 1. The molecule has 1 aliphatic heterocycles. The van der Waals surface area contributed by atoms with Gasteiger partial charge in [0.1, 0.15) is 0 Å². The molecule has 17 heavy (non-hydrogen) atoms. The smallest absolute Gasteiger partial charge is 0.281 e. The first-order valence-corrected chi connectivity index (χ1v) is 6.79. The Bertz CT molecular complexity index is 390. The molecule has 2 rings (SSSR count). The van der Waals surface area contributed by atoms with E-state index in [1.165, 1.54) is 11.3 Å². The van der Waals surface area contributed by atoms with Gasteiger partial charge in [0.05, 0.1) is 4.88 Å². The third-order valence-electron chi connectivity index (χ3n) is 2.94. The van der Waals surface area contributed by atoms with Crippen LogP contribution in [0.1, 0.15) is 29.4 Å². The molecular weight excluding hydrogens is 234 g/mol. The van der Waals surface area contributed by atoms with E-state index in [0.717, 1.165) is 38.2 Å². The molecule has 1 aliphatic rings. The minimum atomic E-state index is -0.106. The first-order chi connectivity index (χ1) is 8.29. The van der Waals surface area contributed by atoms with Crippen LogP contribution in [-0.4, -0.2) is 36.2 Å². The number of amides is 1. The van der Waals surface area contributed by atoms with Crippen molar-refractivity contribution in [2.75, 3.05) is 19.6 Å². The van der Waals surface area contributed by atoms with Gasteiger partial charge in [0.2, 0.25) is 0 Å². The van der Waals surface area contributed by atoms with Gasteiger partial charge in [0.15, 0.2) is 0 Å². The minimum Gasteiger partial charge on any atom is -0.303 e. The molecule has 0 unspecified atom stereocenters. The second kappa shape index (κ2) is 5.93. The number of hydrazone groups is 1. The predicted octanol–water partition coefficient (Wildman–Crippen LogP) is 1.95. The molecule has 0 bridgehead atoms. The van der Waals surface area contributed by atoms with Crippen molar-refractivity contribution < 1.29 is 4.79 Å². The molecule has 5 heteroatoms. The molecule has 0 atom stereocenters. The minimum absolute atomic E-state index is 0.106. The standard InChI is InChI=1S/C12H17N3OS/c1-2-15-7-5-10(6-8-15)13-14-12(16)11-4-3-9-17-11/h3-4,9H,2,5-8H2,1H3,(H,14,16). The summed E-state index contributed by atoms with van der Waals surface area (Å²) in [5, 5.41) is 6.10. The summed E-state index contributed by atoms with van der Waals surface area (Å²) in [4.78, 5) is 14.7. The van der Waals surface area contributed by atoms with Gasteiger partial charge in [-0.15, -0.1) is 11.3 Å². The van der Waals surface area contributed by atoms with Crippen molar-refractivity contribution in [3.05, 3.63) is 22.4 Å². The molecule has 1 amide bonds. The molecule has 0 radical (unpaired) electrons. The molecule has 0 aromatic carbocycles. The number of rotatable bonds is 3. The van der Waals surface area contributed by atoms with Crippen LogP contribution in [0.3, 0.4) is 0 Å². The Morgan fingerprint density at radius 2 is 2.29 bits per heavy atom. The summed E-state index contributed by atoms with van der Waals surface area (Å²) >= 11 is 1.43. The summed E-state index contributed by atoms with van der Waals surface area (Å²) in [6.07, 6.45) is 1.91. The van der Waals surface area contributed by atoms with Crippen molar-refractivity contribution in [1.29, 1.82) is 0 Å². The quantitative estimate of drug-likeness (QED) is 0.835. The molecule has 1 fully saturated rings. The highest BCUT2D eigenvalue weighted by atomic mass is 32.1. The maximum atomic E-state index is 11.7. The summed E-state index contributed by atoms with van der Waals surface area (Å²) in [6.45, 7) is 5.35. The van der Waals surface area contributed by atoms with E-state index in [1.807, 2.05) is 11.4 Å². The van der Waals surface area contributed by atoms with Crippen molar-refractivity contribution in [3.63, 3.8) is 0 Å². The van der Waals surface area contributed by atoms with Gasteiger partial charge in [-0.05, 0) is 18.0 Å². The lowest BCUT2D eigenvalue weighted by atomic mass is 10.1. The molecule has 4 nitrogen and oxygen atoms in total. The van der Waals surface area contributed by atoms with Crippen LogP contribution in [0.15, 0.2) is 22.6 Å². The van der Waals surface area contributed by atoms with Gasteiger partial charge >= 0.3 is 0 Å². The molecule has 2 heterocycles. The molecule has 1 N–H and O–H groups in total. The normalized spacial score (nSPS) is 16.9. The Hall–Kier alpha value is -1.20. The molecule has 0 aliphatic carbocycles. The van der Waals surface area contributed by atoms with Crippen molar-refractivity contribution >= 4 is 23.0 Å². The number of piperidine rings is 1. The highest BCUT2D eigenvalue weighted by Gasteiger charge is 2.13. The van der Waals surface area contributed by atoms with Crippen LogP contribution in [0.4, 0.5) is 0 Å². The summed E-state index contributed by atoms with van der Waals surface area (Å²) in [7, 11) is 0. The average molecular weight is 251 g/mol. The van der Waals surface area contributed by atoms with Crippen LogP contribution >= 0.6 is 11.3 Å². The van der Waals surface area contributed by atoms with Gasteiger partial charge < -0.3 is 4.90 Å². The van der Waals surface area contributed by atoms with Crippen LogP contribution in [0.5, 0.6) is 0 Å². The molecular formula is C12H17N3OS. The first-order valence-electron chi connectivity index (χ1n) is 5.91. The van der Waals surface area contributed by atoms with Gasteiger partial charge in [-0.3, -0.25) is 4.79 Å². The number of nitrogens with one attached hydrogen (secondary N) is 1. The SMILES string of the molecule is CCN1CCC(=NNC(=O)c2cccs2)CC1. The van der Waals surface area contributed by atoms with Gasteiger partial charge in [-0.1, -0.05) is 13.0 Å². The molecule has 0 saturated carbocycles. The fourth-order valence-corrected chi connectivity index (χ4v) is 2.45. The van der Waals surface area contributed by atoms with Crippen molar-refractivity contribution in [1.82, 2.24) is 10.3 Å². The Balaban J connectivity index is 1.83. The summed E-state index contributed by atoms with van der Waals surface area (Å²) in [6, 6.07) is 3.67. The molecule has 1 aromatic heterocycles. The van der Waals surface area contributed by atoms with Crippen LogP contribution in [0.2, 0.25) is 0 Å². The lowest BCUT2D eigenvalue weighted by molar-refractivity contribution is 0.0958. The van der Waals surface area contributed by atoms with Gasteiger partial charge in [0.25, 0.3) is 5.91 Å². The van der Waals surface area contributed by atoms with Gasteiger partial charge in [0, 0.05) is 31.6 Å². The summed E-state index contributed by atoms with van der Waals surface area (Å²) < 4.78 is 0. The maximum Gasteiger partial charge on any atom is 0.281 e. The van der Waals surface area contributed by atoms with Crippen LogP contribution in [0.25, 0.3) is 0 Å². The zero-order valence-electron chi connectivity index (χ0n) is 9.98. The van der Waals surface area contributed by atoms with Gasteiger partial charge in [-0.25, -0.2) is 5.43 Å². The lowest BCUT2D eigenvalue weighted by Crippen LogP contribution is -2.34. The number of hydrogen-bond donors (Lipinski definition) is 1. The first kappa shape index (κ1) is 12.3. The molecule has 0 spiro atoms. The fourth-order valence-electron chi connectivity index (χ4n) is 1.83. The average Bonchev–Trinajstić information content (AvgIpc) is 2.90. The van der Waals surface area contributed by atoms with Crippen molar-refractivity contribution in [2.45, 2.75) is 19.8 Å². The van der Waals surface area contributed by atoms with E-state index in [0.29, 0.717) is 4.88 Å². The predicted molar refractivity (Wildman–Crippen MR) is 70.6 cm³/mol. The van der Waals surface area contributed by atoms with Crippen LogP contribution in [-0.2, 0) is 0 Å². The Kier molecular flexibility index (Phi) is 4.28. The zero-order valence-corrected chi connectivity index (χ0v) is 10.8. The number of carbonyl (C=O) groups excluding carboxylic acids is 1. The van der Waals surface area contributed by atoms with E-state index in [4.69, 9.17) is 0 Å². The van der Waals surface area contributed by atoms with Crippen molar-refractivity contribution in [2.24, 2.45) is 5.10 Å². The number of thiophene rings is 1. The number of hydrogen-bond acceptors (Lipinski definition) is 4. The summed E-state index contributed by atoms with van der Waals surface area (Å²) in [5.41, 5.74) is 3.73. The largest absolute Gasteiger partial charge is 0.303 e. The topological polar surface area (TPSA) is 44.7 Å². The Morgan fingerprint density at radius 1 is 1.53 bits per heavy atom. The van der Waals surface area contributed by atoms with E-state index in [9.17, 15) is 4.79 Å². The fraction of sp³-hybridized carbons (Fsp3) is 0.500. The molecule has 1 saturated heterocycles.